The van der Waals surface area contributed by atoms with E-state index < -0.39 is 0 Å². The summed E-state index contributed by atoms with van der Waals surface area (Å²) >= 11 is 6.08. The molecule has 0 radical (unpaired) electrons. The summed E-state index contributed by atoms with van der Waals surface area (Å²) < 4.78 is 13.8. The molecule has 2 nitrogen and oxygen atoms in total. The second kappa shape index (κ2) is 5.16. The minimum atomic E-state index is -0.184. The van der Waals surface area contributed by atoms with Crippen LogP contribution in [0.4, 0.5) is 4.39 Å². The third-order valence-corrected chi connectivity index (χ3v) is 4.47. The van der Waals surface area contributed by atoms with Crippen molar-refractivity contribution in [1.29, 1.82) is 0 Å². The first-order valence-corrected chi connectivity index (χ1v) is 7.01. The van der Waals surface area contributed by atoms with Gasteiger partial charge in [0.25, 0.3) is 0 Å². The van der Waals surface area contributed by atoms with Crippen LogP contribution < -0.4 is 0 Å². The van der Waals surface area contributed by atoms with Gasteiger partial charge in [-0.15, -0.1) is 0 Å². The van der Waals surface area contributed by atoms with Crippen molar-refractivity contribution in [3.8, 4) is 0 Å². The maximum absolute atomic E-state index is 13.8. The van der Waals surface area contributed by atoms with E-state index >= 15 is 0 Å². The van der Waals surface area contributed by atoms with E-state index in [9.17, 15) is 4.39 Å². The molecule has 1 unspecified atom stereocenters. The number of hydrogen-bond donors (Lipinski definition) is 0. The van der Waals surface area contributed by atoms with Gasteiger partial charge in [0.1, 0.15) is 5.82 Å². The first kappa shape index (κ1) is 12.4. The highest BCUT2D eigenvalue weighted by atomic mass is 35.5. The van der Waals surface area contributed by atoms with E-state index in [1.165, 1.54) is 25.5 Å². The van der Waals surface area contributed by atoms with Gasteiger partial charge in [-0.05, 0) is 31.5 Å². The Morgan fingerprint density at radius 2 is 2.17 bits per heavy atom. The summed E-state index contributed by atoms with van der Waals surface area (Å²) in [7, 11) is 0. The highest BCUT2D eigenvalue weighted by Gasteiger charge is 2.30. The predicted molar refractivity (Wildman–Crippen MR) is 71.3 cm³/mol. The Hall–Kier alpha value is -0.640. The van der Waals surface area contributed by atoms with Gasteiger partial charge in [-0.2, -0.15) is 0 Å². The number of fused-ring (bicyclic) bond motifs is 1. The van der Waals surface area contributed by atoms with Crippen LogP contribution in [0.2, 0.25) is 5.02 Å². The van der Waals surface area contributed by atoms with Crippen molar-refractivity contribution in [2.75, 3.05) is 26.2 Å². The molecule has 0 bridgehead atoms. The van der Waals surface area contributed by atoms with E-state index in [4.69, 9.17) is 11.6 Å². The van der Waals surface area contributed by atoms with Crippen molar-refractivity contribution in [3.05, 3.63) is 34.6 Å². The molecule has 2 saturated heterocycles. The Morgan fingerprint density at radius 3 is 3.00 bits per heavy atom. The molecule has 2 aliphatic heterocycles. The van der Waals surface area contributed by atoms with Crippen LogP contribution in [0.15, 0.2) is 18.2 Å². The molecule has 0 aliphatic carbocycles. The summed E-state index contributed by atoms with van der Waals surface area (Å²) in [6, 6.07) is 5.60. The minimum Gasteiger partial charge on any atom is -0.298 e. The van der Waals surface area contributed by atoms with Gasteiger partial charge in [0, 0.05) is 42.8 Å². The van der Waals surface area contributed by atoms with Crippen LogP contribution in [0.3, 0.4) is 0 Å². The fraction of sp³-hybridized carbons (Fsp3) is 0.571. The molecule has 0 N–H and O–H groups in total. The highest BCUT2D eigenvalue weighted by molar-refractivity contribution is 6.31. The maximum Gasteiger partial charge on any atom is 0.129 e. The van der Waals surface area contributed by atoms with E-state index in [-0.39, 0.29) is 5.82 Å². The van der Waals surface area contributed by atoms with E-state index in [1.807, 2.05) is 0 Å². The molecule has 0 spiro atoms. The number of hydrogen-bond acceptors (Lipinski definition) is 2. The van der Waals surface area contributed by atoms with Crippen LogP contribution >= 0.6 is 11.6 Å². The van der Waals surface area contributed by atoms with Gasteiger partial charge in [-0.3, -0.25) is 9.80 Å². The van der Waals surface area contributed by atoms with Gasteiger partial charge in [-0.25, -0.2) is 4.39 Å². The van der Waals surface area contributed by atoms with E-state index in [2.05, 4.69) is 9.80 Å². The molecule has 0 saturated carbocycles. The van der Waals surface area contributed by atoms with Crippen LogP contribution in [-0.2, 0) is 6.54 Å². The Bertz CT molecular complexity index is 418. The summed E-state index contributed by atoms with van der Waals surface area (Å²) in [5.41, 5.74) is 0.644. The molecule has 1 atom stereocenters. The zero-order chi connectivity index (χ0) is 12.5. The molecule has 0 amide bonds. The van der Waals surface area contributed by atoms with Gasteiger partial charge in [0.15, 0.2) is 0 Å². The molecule has 1 aromatic rings. The standard InChI is InChI=1S/C14H18ClFN2/c15-13-4-1-5-14(16)12(13)10-17-7-8-18-6-2-3-11(18)9-17/h1,4-5,11H,2-3,6-10H2. The molecule has 4 heteroatoms. The molecule has 2 fully saturated rings. The van der Waals surface area contributed by atoms with E-state index in [1.54, 1.807) is 12.1 Å². The lowest BCUT2D eigenvalue weighted by molar-refractivity contribution is 0.0985. The lowest BCUT2D eigenvalue weighted by Gasteiger charge is -2.37. The van der Waals surface area contributed by atoms with Gasteiger partial charge in [0.2, 0.25) is 0 Å². The molecular formula is C14H18ClFN2. The smallest absolute Gasteiger partial charge is 0.129 e. The lowest BCUT2D eigenvalue weighted by Crippen LogP contribution is -2.49. The molecule has 2 heterocycles. The van der Waals surface area contributed by atoms with Crippen molar-refractivity contribution in [1.82, 2.24) is 9.80 Å². The summed E-state index contributed by atoms with van der Waals surface area (Å²) in [6.07, 6.45) is 2.58. The third kappa shape index (κ3) is 2.40. The number of rotatable bonds is 2. The molecule has 98 valence electrons. The van der Waals surface area contributed by atoms with E-state index in [0.717, 1.165) is 19.6 Å². The quantitative estimate of drug-likeness (QED) is 0.814. The summed E-state index contributed by atoms with van der Waals surface area (Å²) in [5, 5.41) is 0.545. The average Bonchev–Trinajstić information content (AvgIpc) is 2.81. The van der Waals surface area contributed by atoms with Crippen molar-refractivity contribution in [2.45, 2.75) is 25.4 Å². The summed E-state index contributed by atoms with van der Waals surface area (Å²) in [4.78, 5) is 4.89. The predicted octanol–water partition coefficient (Wildman–Crippen LogP) is 2.76. The van der Waals surface area contributed by atoms with Crippen LogP contribution in [0.5, 0.6) is 0 Å². The second-order valence-corrected chi connectivity index (χ2v) is 5.67. The van der Waals surface area contributed by atoms with Crippen molar-refractivity contribution < 1.29 is 4.39 Å². The van der Waals surface area contributed by atoms with Crippen molar-refractivity contribution in [3.63, 3.8) is 0 Å². The topological polar surface area (TPSA) is 6.48 Å². The number of nitrogens with zero attached hydrogens (tertiary/aromatic N) is 2. The molecule has 18 heavy (non-hydrogen) atoms. The zero-order valence-corrected chi connectivity index (χ0v) is 11.2. The zero-order valence-electron chi connectivity index (χ0n) is 10.4. The maximum atomic E-state index is 13.8. The third-order valence-electron chi connectivity index (χ3n) is 4.11. The van der Waals surface area contributed by atoms with Gasteiger partial charge in [-0.1, -0.05) is 17.7 Å². The Kier molecular flexibility index (Phi) is 3.55. The molecule has 0 aromatic heterocycles. The number of halogens is 2. The molecular weight excluding hydrogens is 251 g/mol. The van der Waals surface area contributed by atoms with Gasteiger partial charge in [0.05, 0.1) is 0 Å². The Morgan fingerprint density at radius 1 is 1.28 bits per heavy atom. The van der Waals surface area contributed by atoms with Gasteiger partial charge >= 0.3 is 0 Å². The second-order valence-electron chi connectivity index (χ2n) is 5.27. The number of benzene rings is 1. The molecule has 3 rings (SSSR count). The van der Waals surface area contributed by atoms with Crippen molar-refractivity contribution in [2.24, 2.45) is 0 Å². The Balaban J connectivity index is 1.69. The van der Waals surface area contributed by atoms with Gasteiger partial charge < -0.3 is 0 Å². The monoisotopic (exact) mass is 268 g/mol. The minimum absolute atomic E-state index is 0.184. The van der Waals surface area contributed by atoms with Crippen molar-refractivity contribution >= 4 is 11.6 Å². The first-order valence-electron chi connectivity index (χ1n) is 6.63. The molecule has 1 aromatic carbocycles. The normalized spacial score (nSPS) is 25.3. The van der Waals surface area contributed by atoms with E-state index in [0.29, 0.717) is 23.2 Å². The summed E-state index contributed by atoms with van der Waals surface area (Å²) in [6.45, 7) is 5.04. The molecule has 2 aliphatic rings. The van der Waals surface area contributed by atoms with Crippen LogP contribution in [0.25, 0.3) is 0 Å². The average molecular weight is 269 g/mol. The van der Waals surface area contributed by atoms with Crippen LogP contribution in [0, 0.1) is 5.82 Å². The van der Waals surface area contributed by atoms with Crippen LogP contribution in [0.1, 0.15) is 18.4 Å². The van der Waals surface area contributed by atoms with Crippen LogP contribution in [-0.4, -0.2) is 42.0 Å². The largest absolute Gasteiger partial charge is 0.298 e. The number of piperazine rings is 1. The first-order chi connectivity index (χ1) is 8.74. The fourth-order valence-corrected chi connectivity index (χ4v) is 3.33. The Labute approximate surface area is 112 Å². The fourth-order valence-electron chi connectivity index (χ4n) is 3.11. The summed E-state index contributed by atoms with van der Waals surface area (Å²) in [5.74, 6) is -0.184. The SMILES string of the molecule is Fc1cccc(Cl)c1CN1CCN2CCCC2C1. The highest BCUT2D eigenvalue weighted by Crippen LogP contribution is 2.25. The lowest BCUT2D eigenvalue weighted by atomic mass is 10.1.